The Morgan fingerprint density at radius 1 is 1.33 bits per heavy atom. The number of benzene rings is 1. The molecule has 0 aromatic heterocycles. The lowest BCUT2D eigenvalue weighted by Crippen LogP contribution is -2.36. The number of amides is 1. The van der Waals surface area contributed by atoms with Crippen molar-refractivity contribution in [2.45, 2.75) is 31.9 Å². The fourth-order valence-electron chi connectivity index (χ4n) is 2.49. The quantitative estimate of drug-likeness (QED) is 0.838. The van der Waals surface area contributed by atoms with E-state index in [0.717, 1.165) is 37.9 Å². The molecule has 6 heteroatoms. The largest absolute Gasteiger partial charge is 0.445 e. The summed E-state index contributed by atoms with van der Waals surface area (Å²) in [6.45, 7) is 1.83. The smallest absolute Gasteiger partial charge is 0.410 e. The molecule has 114 valence electrons. The maximum Gasteiger partial charge on any atom is 0.410 e. The molecule has 1 fully saturated rings. The van der Waals surface area contributed by atoms with E-state index < -0.39 is 0 Å². The molecule has 1 saturated heterocycles. The molecule has 0 unspecified atom stereocenters. The van der Waals surface area contributed by atoms with Gasteiger partial charge in [-0.25, -0.2) is 4.79 Å². The zero-order valence-electron chi connectivity index (χ0n) is 12.6. The van der Waals surface area contributed by atoms with Crippen molar-refractivity contribution in [1.29, 1.82) is 0 Å². The molecule has 21 heavy (non-hydrogen) atoms. The molecule has 1 atom stereocenters. The SMILES string of the molecule is COBN[C@H]1CCCN(C(=O)OCc2ccccc2)CC1. The number of likely N-dealkylation sites (tertiary alicyclic amines) is 1. The van der Waals surface area contributed by atoms with Gasteiger partial charge in [-0.05, 0) is 30.9 Å². The summed E-state index contributed by atoms with van der Waals surface area (Å²) in [5.74, 6) is 0. The third kappa shape index (κ3) is 5.40. The fraction of sp³-hybridized carbons (Fsp3) is 0.533. The van der Waals surface area contributed by atoms with Gasteiger partial charge in [0.1, 0.15) is 6.61 Å². The molecule has 1 heterocycles. The lowest BCUT2D eigenvalue weighted by molar-refractivity contribution is 0.0973. The van der Waals surface area contributed by atoms with Crippen molar-refractivity contribution >= 4 is 13.7 Å². The third-order valence-electron chi connectivity index (χ3n) is 3.71. The number of carbonyl (C=O) groups is 1. The van der Waals surface area contributed by atoms with Gasteiger partial charge < -0.3 is 19.5 Å². The van der Waals surface area contributed by atoms with Crippen LogP contribution in [0.4, 0.5) is 4.79 Å². The van der Waals surface area contributed by atoms with Gasteiger partial charge >= 0.3 is 13.7 Å². The van der Waals surface area contributed by atoms with Crippen LogP contribution in [0.25, 0.3) is 0 Å². The van der Waals surface area contributed by atoms with Crippen molar-refractivity contribution in [3.63, 3.8) is 0 Å². The predicted octanol–water partition coefficient (Wildman–Crippen LogP) is 1.68. The molecular weight excluding hydrogens is 267 g/mol. The zero-order chi connectivity index (χ0) is 14.9. The van der Waals surface area contributed by atoms with Crippen molar-refractivity contribution in [2.24, 2.45) is 0 Å². The molecule has 1 amide bonds. The van der Waals surface area contributed by atoms with E-state index in [2.05, 4.69) is 5.23 Å². The van der Waals surface area contributed by atoms with Crippen LogP contribution in [0, 0.1) is 0 Å². The molecule has 1 aromatic rings. The van der Waals surface area contributed by atoms with Gasteiger partial charge in [0.2, 0.25) is 0 Å². The summed E-state index contributed by atoms with van der Waals surface area (Å²) in [6, 6.07) is 10.2. The Morgan fingerprint density at radius 3 is 2.90 bits per heavy atom. The Kier molecular flexibility index (Phi) is 6.56. The van der Waals surface area contributed by atoms with Crippen LogP contribution in [-0.2, 0) is 16.0 Å². The Balaban J connectivity index is 1.75. The van der Waals surface area contributed by atoms with E-state index in [1.54, 1.807) is 12.0 Å². The standard InChI is InChI=1S/C15H23BN2O3/c1-20-16-17-14-8-5-10-18(11-9-14)15(19)21-12-13-6-3-2-4-7-13/h2-4,6-7,14,16-17H,5,8-12H2,1H3/t14-/m0/s1. The van der Waals surface area contributed by atoms with Crippen molar-refractivity contribution in [1.82, 2.24) is 10.1 Å². The average molecular weight is 290 g/mol. The summed E-state index contributed by atoms with van der Waals surface area (Å²) in [6.07, 6.45) is 2.77. The summed E-state index contributed by atoms with van der Waals surface area (Å²) in [5.41, 5.74) is 1.01. The van der Waals surface area contributed by atoms with Crippen LogP contribution in [0.3, 0.4) is 0 Å². The number of nitrogens with zero attached hydrogens (tertiary/aromatic N) is 1. The summed E-state index contributed by atoms with van der Waals surface area (Å²) in [4.78, 5) is 13.9. The highest BCUT2D eigenvalue weighted by Gasteiger charge is 2.21. The predicted molar refractivity (Wildman–Crippen MR) is 83.1 cm³/mol. The Labute approximate surface area is 126 Å². The second-order valence-electron chi connectivity index (χ2n) is 5.29. The van der Waals surface area contributed by atoms with Crippen LogP contribution in [-0.4, -0.2) is 44.9 Å². The lowest BCUT2D eigenvalue weighted by atomic mass is 10.1. The third-order valence-corrected chi connectivity index (χ3v) is 3.71. The molecule has 2 rings (SSSR count). The van der Waals surface area contributed by atoms with E-state index in [9.17, 15) is 4.79 Å². The van der Waals surface area contributed by atoms with Gasteiger partial charge in [0.05, 0.1) is 0 Å². The topological polar surface area (TPSA) is 50.8 Å². The van der Waals surface area contributed by atoms with Crippen molar-refractivity contribution in [2.75, 3.05) is 20.2 Å². The molecule has 0 saturated carbocycles. The average Bonchev–Trinajstić information content (AvgIpc) is 2.77. The van der Waals surface area contributed by atoms with E-state index in [4.69, 9.17) is 9.39 Å². The summed E-state index contributed by atoms with van der Waals surface area (Å²) >= 11 is 0. The molecule has 1 aromatic carbocycles. The first-order valence-corrected chi connectivity index (χ1v) is 7.47. The summed E-state index contributed by atoms with van der Waals surface area (Å²) in [7, 11) is 2.24. The Morgan fingerprint density at radius 2 is 2.14 bits per heavy atom. The van der Waals surface area contributed by atoms with Gasteiger partial charge in [-0.3, -0.25) is 0 Å². The first kappa shape index (κ1) is 15.9. The highest BCUT2D eigenvalue weighted by molar-refractivity contribution is 6.23. The summed E-state index contributed by atoms with van der Waals surface area (Å²) in [5, 5.41) is 3.33. The van der Waals surface area contributed by atoms with Crippen molar-refractivity contribution in [3.8, 4) is 0 Å². The first-order valence-electron chi connectivity index (χ1n) is 7.47. The molecule has 1 aliphatic rings. The van der Waals surface area contributed by atoms with Crippen molar-refractivity contribution in [3.05, 3.63) is 35.9 Å². The molecule has 1 N–H and O–H groups in total. The number of hydrogen-bond acceptors (Lipinski definition) is 4. The van der Waals surface area contributed by atoms with Gasteiger partial charge in [0.25, 0.3) is 0 Å². The highest BCUT2D eigenvalue weighted by atomic mass is 16.6. The number of hydrogen-bond donors (Lipinski definition) is 1. The van der Waals surface area contributed by atoms with E-state index in [1.165, 1.54) is 0 Å². The molecule has 0 spiro atoms. The lowest BCUT2D eigenvalue weighted by Gasteiger charge is -2.20. The van der Waals surface area contributed by atoms with Gasteiger partial charge in [0, 0.05) is 20.2 Å². The number of carbonyl (C=O) groups excluding carboxylic acids is 1. The van der Waals surface area contributed by atoms with Crippen LogP contribution in [0.1, 0.15) is 24.8 Å². The van der Waals surface area contributed by atoms with Gasteiger partial charge in [-0.15, -0.1) is 0 Å². The number of ether oxygens (including phenoxy) is 1. The van der Waals surface area contributed by atoms with Crippen LogP contribution in [0.5, 0.6) is 0 Å². The fourth-order valence-corrected chi connectivity index (χ4v) is 2.49. The van der Waals surface area contributed by atoms with Gasteiger partial charge in [-0.2, -0.15) is 0 Å². The molecule has 1 aliphatic heterocycles. The minimum atomic E-state index is -0.216. The van der Waals surface area contributed by atoms with Crippen molar-refractivity contribution < 1.29 is 14.2 Å². The minimum Gasteiger partial charge on any atom is -0.445 e. The second-order valence-corrected chi connectivity index (χ2v) is 5.29. The Bertz CT molecular complexity index is 430. The maximum atomic E-state index is 12.1. The van der Waals surface area contributed by atoms with E-state index in [-0.39, 0.29) is 6.09 Å². The molecular formula is C15H23BN2O3. The highest BCUT2D eigenvalue weighted by Crippen LogP contribution is 2.12. The minimum absolute atomic E-state index is 0.216. The van der Waals surface area contributed by atoms with E-state index in [1.807, 2.05) is 30.3 Å². The summed E-state index contributed by atoms with van der Waals surface area (Å²) < 4.78 is 10.4. The van der Waals surface area contributed by atoms with Gasteiger partial charge in [-0.1, -0.05) is 30.3 Å². The van der Waals surface area contributed by atoms with E-state index >= 15 is 0 Å². The van der Waals surface area contributed by atoms with E-state index in [0.29, 0.717) is 20.3 Å². The monoisotopic (exact) mass is 290 g/mol. The van der Waals surface area contributed by atoms with Crippen LogP contribution in [0.2, 0.25) is 0 Å². The first-order chi connectivity index (χ1) is 10.3. The molecule has 0 radical (unpaired) electrons. The Hall–Kier alpha value is -1.53. The van der Waals surface area contributed by atoms with Crippen LogP contribution in [0.15, 0.2) is 30.3 Å². The maximum absolute atomic E-state index is 12.1. The zero-order valence-corrected chi connectivity index (χ0v) is 12.6. The number of rotatable bonds is 5. The normalized spacial score (nSPS) is 18.9. The second kappa shape index (κ2) is 8.69. The van der Waals surface area contributed by atoms with Gasteiger partial charge in [0.15, 0.2) is 0 Å². The molecule has 5 nitrogen and oxygen atoms in total. The molecule has 0 bridgehead atoms. The molecule has 0 aliphatic carbocycles. The number of nitrogens with one attached hydrogen (secondary N) is 1. The van der Waals surface area contributed by atoms with Crippen LogP contribution < -0.4 is 5.23 Å². The van der Waals surface area contributed by atoms with Crippen LogP contribution >= 0.6 is 0 Å².